The summed E-state index contributed by atoms with van der Waals surface area (Å²) in [6.45, 7) is 2.98. The number of hydrogen-bond donors (Lipinski definition) is 2. The van der Waals surface area contributed by atoms with Crippen molar-refractivity contribution >= 4 is 23.4 Å². The van der Waals surface area contributed by atoms with E-state index in [4.69, 9.17) is 0 Å². The van der Waals surface area contributed by atoms with Crippen LogP contribution in [0.15, 0.2) is 24.3 Å². The Kier molecular flexibility index (Phi) is 5.52. The van der Waals surface area contributed by atoms with Crippen molar-refractivity contribution in [3.8, 4) is 0 Å². The van der Waals surface area contributed by atoms with Crippen LogP contribution in [0.2, 0.25) is 0 Å². The van der Waals surface area contributed by atoms with E-state index in [0.29, 0.717) is 19.5 Å². The highest BCUT2D eigenvalue weighted by Crippen LogP contribution is 2.21. The Bertz CT molecular complexity index is 554. The van der Waals surface area contributed by atoms with Crippen LogP contribution in [0.25, 0.3) is 0 Å². The van der Waals surface area contributed by atoms with Crippen molar-refractivity contribution in [1.82, 2.24) is 10.6 Å². The molecule has 1 aliphatic heterocycles. The molecule has 1 aromatic carbocycles. The molecule has 0 unspecified atom stereocenters. The van der Waals surface area contributed by atoms with Gasteiger partial charge in [0.15, 0.2) is 0 Å². The maximum atomic E-state index is 11.7. The Morgan fingerprint density at radius 2 is 1.91 bits per heavy atom. The van der Waals surface area contributed by atoms with Crippen molar-refractivity contribution in [3.05, 3.63) is 29.8 Å². The van der Waals surface area contributed by atoms with Gasteiger partial charge in [-0.15, -0.1) is 0 Å². The van der Waals surface area contributed by atoms with E-state index in [1.54, 1.807) is 4.90 Å². The topological polar surface area (TPSA) is 78.5 Å². The zero-order valence-corrected chi connectivity index (χ0v) is 12.7. The molecule has 0 radical (unpaired) electrons. The molecule has 3 amide bonds. The third kappa shape index (κ3) is 4.58. The minimum Gasteiger partial charge on any atom is -0.356 e. The average molecular weight is 303 g/mol. The number of anilines is 1. The van der Waals surface area contributed by atoms with E-state index in [0.717, 1.165) is 24.2 Å². The third-order valence-electron chi connectivity index (χ3n) is 3.54. The predicted octanol–water partition coefficient (Wildman–Crippen LogP) is 0.956. The standard InChI is InChI=1S/C16H21N3O3/c1-12(20)17-9-8-15(21)18-11-13-4-6-14(7-5-13)19-10-2-3-16(19)22/h4-7H,2-3,8-11H2,1H3,(H,17,20)(H,18,21). The second-order valence-corrected chi connectivity index (χ2v) is 5.33. The lowest BCUT2D eigenvalue weighted by Crippen LogP contribution is -2.29. The van der Waals surface area contributed by atoms with Crippen LogP contribution in [0.4, 0.5) is 5.69 Å². The van der Waals surface area contributed by atoms with Gasteiger partial charge in [0.25, 0.3) is 0 Å². The number of carbonyl (C=O) groups excluding carboxylic acids is 3. The maximum absolute atomic E-state index is 11.7. The quantitative estimate of drug-likeness (QED) is 0.821. The molecule has 1 saturated heterocycles. The second kappa shape index (κ2) is 7.59. The summed E-state index contributed by atoms with van der Waals surface area (Å²) in [6.07, 6.45) is 1.79. The number of amides is 3. The van der Waals surface area contributed by atoms with Crippen LogP contribution in [0.3, 0.4) is 0 Å². The largest absolute Gasteiger partial charge is 0.356 e. The summed E-state index contributed by atoms with van der Waals surface area (Å²) in [7, 11) is 0. The van der Waals surface area contributed by atoms with Crippen molar-refractivity contribution in [2.24, 2.45) is 0 Å². The number of hydrogen-bond acceptors (Lipinski definition) is 3. The molecule has 1 heterocycles. The maximum Gasteiger partial charge on any atom is 0.227 e. The molecule has 2 N–H and O–H groups in total. The van der Waals surface area contributed by atoms with Gasteiger partial charge in [0.2, 0.25) is 17.7 Å². The van der Waals surface area contributed by atoms with Gasteiger partial charge in [-0.05, 0) is 24.1 Å². The SMILES string of the molecule is CC(=O)NCCC(=O)NCc1ccc(N2CCCC2=O)cc1. The first-order valence-corrected chi connectivity index (χ1v) is 7.46. The Hall–Kier alpha value is -2.37. The fourth-order valence-corrected chi connectivity index (χ4v) is 2.36. The molecule has 0 atom stereocenters. The van der Waals surface area contributed by atoms with Crippen LogP contribution in [0.1, 0.15) is 31.7 Å². The van der Waals surface area contributed by atoms with Gasteiger partial charge in [0, 0.05) is 45.1 Å². The summed E-state index contributed by atoms with van der Waals surface area (Å²) in [4.78, 5) is 35.7. The van der Waals surface area contributed by atoms with E-state index in [2.05, 4.69) is 10.6 Å². The molecule has 0 spiro atoms. The van der Waals surface area contributed by atoms with Gasteiger partial charge in [0.05, 0.1) is 0 Å². The molecule has 2 rings (SSSR count). The lowest BCUT2D eigenvalue weighted by molar-refractivity contribution is -0.121. The highest BCUT2D eigenvalue weighted by Gasteiger charge is 2.21. The summed E-state index contributed by atoms with van der Waals surface area (Å²) in [5.41, 5.74) is 1.88. The molecule has 0 saturated carbocycles. The average Bonchev–Trinajstić information content (AvgIpc) is 2.91. The van der Waals surface area contributed by atoms with Crippen LogP contribution in [0, 0.1) is 0 Å². The van der Waals surface area contributed by atoms with Gasteiger partial charge in [-0.3, -0.25) is 14.4 Å². The fourth-order valence-electron chi connectivity index (χ4n) is 2.36. The molecule has 1 fully saturated rings. The van der Waals surface area contributed by atoms with Gasteiger partial charge in [-0.1, -0.05) is 12.1 Å². The predicted molar refractivity (Wildman–Crippen MR) is 83.2 cm³/mol. The third-order valence-corrected chi connectivity index (χ3v) is 3.54. The number of carbonyl (C=O) groups is 3. The lowest BCUT2D eigenvalue weighted by Gasteiger charge is -2.16. The minimum atomic E-state index is -0.139. The number of rotatable bonds is 6. The van der Waals surface area contributed by atoms with Crippen molar-refractivity contribution in [2.75, 3.05) is 18.0 Å². The smallest absolute Gasteiger partial charge is 0.227 e. The molecule has 0 aliphatic carbocycles. The first kappa shape index (κ1) is 16.0. The minimum absolute atomic E-state index is 0.104. The van der Waals surface area contributed by atoms with Gasteiger partial charge >= 0.3 is 0 Å². The van der Waals surface area contributed by atoms with Gasteiger partial charge in [0.1, 0.15) is 0 Å². The van der Waals surface area contributed by atoms with Crippen LogP contribution in [-0.2, 0) is 20.9 Å². The molecule has 118 valence electrons. The first-order chi connectivity index (χ1) is 10.6. The number of nitrogens with one attached hydrogen (secondary N) is 2. The van der Waals surface area contributed by atoms with Gasteiger partial charge < -0.3 is 15.5 Å². The summed E-state index contributed by atoms with van der Waals surface area (Å²) < 4.78 is 0. The van der Waals surface area contributed by atoms with Crippen molar-refractivity contribution in [1.29, 1.82) is 0 Å². The normalized spacial score (nSPS) is 14.0. The van der Waals surface area contributed by atoms with E-state index in [9.17, 15) is 14.4 Å². The Morgan fingerprint density at radius 1 is 1.18 bits per heavy atom. The zero-order chi connectivity index (χ0) is 15.9. The van der Waals surface area contributed by atoms with E-state index in [1.165, 1.54) is 6.92 Å². The fraction of sp³-hybridized carbons (Fsp3) is 0.438. The summed E-state index contributed by atoms with van der Waals surface area (Å²) in [5, 5.41) is 5.38. The van der Waals surface area contributed by atoms with Gasteiger partial charge in [-0.25, -0.2) is 0 Å². The van der Waals surface area contributed by atoms with Crippen LogP contribution < -0.4 is 15.5 Å². The van der Waals surface area contributed by atoms with E-state index in [1.807, 2.05) is 24.3 Å². The Morgan fingerprint density at radius 3 is 2.50 bits per heavy atom. The number of nitrogens with zero attached hydrogens (tertiary/aromatic N) is 1. The summed E-state index contributed by atoms with van der Waals surface area (Å²) >= 11 is 0. The molecule has 1 aromatic rings. The van der Waals surface area contributed by atoms with Crippen molar-refractivity contribution in [3.63, 3.8) is 0 Å². The number of benzene rings is 1. The Balaban J connectivity index is 1.78. The van der Waals surface area contributed by atoms with E-state index in [-0.39, 0.29) is 24.1 Å². The lowest BCUT2D eigenvalue weighted by atomic mass is 10.2. The van der Waals surface area contributed by atoms with Crippen LogP contribution in [-0.4, -0.2) is 30.8 Å². The zero-order valence-electron chi connectivity index (χ0n) is 12.7. The summed E-state index contributed by atoms with van der Waals surface area (Å²) in [5.74, 6) is -0.0774. The molecular weight excluding hydrogens is 282 g/mol. The molecule has 6 heteroatoms. The molecular formula is C16H21N3O3. The van der Waals surface area contributed by atoms with Crippen LogP contribution >= 0.6 is 0 Å². The van der Waals surface area contributed by atoms with E-state index < -0.39 is 0 Å². The highest BCUT2D eigenvalue weighted by molar-refractivity contribution is 5.95. The van der Waals surface area contributed by atoms with Crippen molar-refractivity contribution < 1.29 is 14.4 Å². The van der Waals surface area contributed by atoms with Gasteiger partial charge in [-0.2, -0.15) is 0 Å². The second-order valence-electron chi connectivity index (χ2n) is 5.33. The molecule has 0 bridgehead atoms. The van der Waals surface area contributed by atoms with E-state index >= 15 is 0 Å². The highest BCUT2D eigenvalue weighted by atomic mass is 16.2. The Labute approximate surface area is 129 Å². The summed E-state index contributed by atoms with van der Waals surface area (Å²) in [6, 6.07) is 7.63. The first-order valence-electron chi connectivity index (χ1n) is 7.46. The molecule has 6 nitrogen and oxygen atoms in total. The molecule has 0 aromatic heterocycles. The molecule has 1 aliphatic rings. The van der Waals surface area contributed by atoms with Crippen LogP contribution in [0.5, 0.6) is 0 Å². The monoisotopic (exact) mass is 303 g/mol. The van der Waals surface area contributed by atoms with Crippen molar-refractivity contribution in [2.45, 2.75) is 32.7 Å². The molecule has 22 heavy (non-hydrogen) atoms.